The third-order valence-corrected chi connectivity index (χ3v) is 5.41. The fourth-order valence-corrected chi connectivity index (χ4v) is 4.38. The summed E-state index contributed by atoms with van der Waals surface area (Å²) in [6.07, 6.45) is 6.19. The van der Waals surface area contributed by atoms with Gasteiger partial charge in [-0.2, -0.15) is 0 Å². The highest BCUT2D eigenvalue weighted by molar-refractivity contribution is 5.64. The summed E-state index contributed by atoms with van der Waals surface area (Å²) in [5.41, 5.74) is 4.35. The molecule has 0 aliphatic heterocycles. The molecule has 2 heteroatoms. The van der Waals surface area contributed by atoms with Crippen molar-refractivity contribution in [1.29, 1.82) is 0 Å². The van der Waals surface area contributed by atoms with Gasteiger partial charge in [0, 0.05) is 6.07 Å². The topological polar surface area (TPSA) is 0 Å². The molecule has 3 unspecified atom stereocenters. The van der Waals surface area contributed by atoms with Gasteiger partial charge in [0.2, 0.25) is 0 Å². The van der Waals surface area contributed by atoms with Crippen LogP contribution >= 0.6 is 0 Å². The van der Waals surface area contributed by atoms with Gasteiger partial charge in [-0.1, -0.05) is 35.9 Å². The molecular formula is C21H20F2. The van der Waals surface area contributed by atoms with E-state index >= 15 is 0 Å². The Balaban J connectivity index is 1.55. The van der Waals surface area contributed by atoms with E-state index in [0.29, 0.717) is 11.5 Å². The number of benzene rings is 2. The summed E-state index contributed by atoms with van der Waals surface area (Å²) < 4.78 is 26.7. The highest BCUT2D eigenvalue weighted by atomic mass is 19.1. The van der Waals surface area contributed by atoms with E-state index in [1.165, 1.54) is 37.0 Å². The molecule has 0 amide bonds. The monoisotopic (exact) mass is 310 g/mol. The molecule has 0 aromatic heterocycles. The zero-order chi connectivity index (χ0) is 16.0. The smallest absolute Gasteiger partial charge is 0.126 e. The van der Waals surface area contributed by atoms with Crippen molar-refractivity contribution in [3.8, 4) is 11.1 Å². The molecule has 2 aliphatic rings. The van der Waals surface area contributed by atoms with Gasteiger partial charge < -0.3 is 0 Å². The predicted molar refractivity (Wildman–Crippen MR) is 89.1 cm³/mol. The minimum Gasteiger partial charge on any atom is -0.207 e. The van der Waals surface area contributed by atoms with Gasteiger partial charge in [-0.3, -0.25) is 0 Å². The molecule has 23 heavy (non-hydrogen) atoms. The maximum absolute atomic E-state index is 13.4. The Hall–Kier alpha value is -1.96. The second-order valence-corrected chi connectivity index (χ2v) is 7.09. The van der Waals surface area contributed by atoms with Crippen LogP contribution in [0.25, 0.3) is 11.1 Å². The minimum atomic E-state index is -0.533. The largest absolute Gasteiger partial charge is 0.207 e. The molecule has 0 saturated heterocycles. The molecule has 0 spiro atoms. The normalized spacial score (nSPS) is 26.2. The van der Waals surface area contributed by atoms with E-state index in [0.717, 1.165) is 23.5 Å². The van der Waals surface area contributed by atoms with E-state index in [4.69, 9.17) is 0 Å². The summed E-state index contributed by atoms with van der Waals surface area (Å²) >= 11 is 0. The molecule has 0 heterocycles. The van der Waals surface area contributed by atoms with Gasteiger partial charge >= 0.3 is 0 Å². The molecule has 1 saturated carbocycles. The van der Waals surface area contributed by atoms with Crippen molar-refractivity contribution in [1.82, 2.24) is 0 Å². The van der Waals surface area contributed by atoms with Gasteiger partial charge in [-0.15, -0.1) is 0 Å². The maximum Gasteiger partial charge on any atom is 0.126 e. The number of rotatable bonds is 2. The third-order valence-electron chi connectivity index (χ3n) is 5.41. The van der Waals surface area contributed by atoms with Crippen LogP contribution in [-0.2, 0) is 0 Å². The Morgan fingerprint density at radius 1 is 0.870 bits per heavy atom. The van der Waals surface area contributed by atoms with Gasteiger partial charge in [-0.25, -0.2) is 8.78 Å². The van der Waals surface area contributed by atoms with E-state index in [9.17, 15) is 8.78 Å². The van der Waals surface area contributed by atoms with Crippen LogP contribution in [0.5, 0.6) is 0 Å². The first-order valence-corrected chi connectivity index (χ1v) is 8.32. The molecular weight excluding hydrogens is 290 g/mol. The first kappa shape index (κ1) is 14.6. The van der Waals surface area contributed by atoms with Crippen LogP contribution in [0.1, 0.15) is 37.7 Å². The molecule has 1 fully saturated rings. The zero-order valence-corrected chi connectivity index (χ0v) is 13.2. The van der Waals surface area contributed by atoms with Crippen molar-refractivity contribution in [2.24, 2.45) is 11.8 Å². The molecule has 4 rings (SSSR count). The molecule has 0 nitrogen and oxygen atoms in total. The number of hydrogen-bond donors (Lipinski definition) is 0. The van der Waals surface area contributed by atoms with Crippen LogP contribution in [0.2, 0.25) is 0 Å². The number of hydrogen-bond acceptors (Lipinski definition) is 0. The Kier molecular flexibility index (Phi) is 3.56. The molecule has 2 aliphatic carbocycles. The SMILES string of the molecule is CC1=CC2CC(c3ccc(-c4cc(F)cc(F)c4)cc3)CC2C1. The summed E-state index contributed by atoms with van der Waals surface area (Å²) in [6, 6.07) is 11.9. The van der Waals surface area contributed by atoms with Crippen molar-refractivity contribution in [3.63, 3.8) is 0 Å². The van der Waals surface area contributed by atoms with E-state index in [1.54, 1.807) is 5.57 Å². The first-order chi connectivity index (χ1) is 11.1. The first-order valence-electron chi connectivity index (χ1n) is 8.32. The zero-order valence-electron chi connectivity index (χ0n) is 13.2. The van der Waals surface area contributed by atoms with E-state index < -0.39 is 11.6 Å². The Morgan fingerprint density at radius 2 is 1.57 bits per heavy atom. The van der Waals surface area contributed by atoms with Crippen molar-refractivity contribution in [3.05, 3.63) is 71.3 Å². The van der Waals surface area contributed by atoms with E-state index in [1.807, 2.05) is 12.1 Å². The summed E-state index contributed by atoms with van der Waals surface area (Å²) in [6.45, 7) is 2.24. The third kappa shape index (κ3) is 2.83. The molecule has 0 bridgehead atoms. The van der Waals surface area contributed by atoms with Crippen LogP contribution in [-0.4, -0.2) is 0 Å². The van der Waals surface area contributed by atoms with Crippen molar-refractivity contribution < 1.29 is 8.78 Å². The van der Waals surface area contributed by atoms with Crippen LogP contribution in [0.4, 0.5) is 8.78 Å². The fourth-order valence-electron chi connectivity index (χ4n) is 4.38. The van der Waals surface area contributed by atoms with Crippen LogP contribution in [0, 0.1) is 23.5 Å². The lowest BCUT2D eigenvalue weighted by Crippen LogP contribution is -1.97. The van der Waals surface area contributed by atoms with Crippen LogP contribution < -0.4 is 0 Å². The summed E-state index contributed by atoms with van der Waals surface area (Å²) in [5.74, 6) is 1.12. The second kappa shape index (κ2) is 5.59. The molecule has 118 valence electrons. The van der Waals surface area contributed by atoms with Crippen molar-refractivity contribution >= 4 is 0 Å². The van der Waals surface area contributed by atoms with E-state index in [-0.39, 0.29) is 0 Å². The van der Waals surface area contributed by atoms with Gasteiger partial charge in [0.25, 0.3) is 0 Å². The standard InChI is InChI=1S/C21H20F2/c1-13-6-16-8-18(9-17(16)7-13)14-2-4-15(5-3-14)19-10-20(22)12-21(23)11-19/h2-6,10-12,16-18H,7-9H2,1H3. The Labute approximate surface area is 135 Å². The van der Waals surface area contributed by atoms with Gasteiger partial charge in [0.1, 0.15) is 11.6 Å². The average Bonchev–Trinajstić information content (AvgIpc) is 3.03. The lowest BCUT2D eigenvalue weighted by Gasteiger charge is -2.12. The predicted octanol–water partition coefficient (Wildman–Crippen LogP) is 6.09. The molecule has 0 radical (unpaired) electrons. The van der Waals surface area contributed by atoms with Crippen LogP contribution in [0.15, 0.2) is 54.1 Å². The van der Waals surface area contributed by atoms with Crippen molar-refractivity contribution in [2.45, 2.75) is 32.1 Å². The lowest BCUT2D eigenvalue weighted by atomic mass is 9.93. The maximum atomic E-state index is 13.4. The molecule has 2 aromatic rings. The van der Waals surface area contributed by atoms with E-state index in [2.05, 4.69) is 25.1 Å². The van der Waals surface area contributed by atoms with Gasteiger partial charge in [0.15, 0.2) is 0 Å². The number of allylic oxidation sites excluding steroid dienone is 2. The Bertz CT molecular complexity index is 738. The average molecular weight is 310 g/mol. The number of halogens is 2. The van der Waals surface area contributed by atoms with Crippen molar-refractivity contribution in [2.75, 3.05) is 0 Å². The molecule has 0 N–H and O–H groups in total. The molecule has 2 aromatic carbocycles. The summed E-state index contributed by atoms with van der Waals surface area (Å²) in [7, 11) is 0. The fraction of sp³-hybridized carbons (Fsp3) is 0.333. The summed E-state index contributed by atoms with van der Waals surface area (Å²) in [5, 5.41) is 0. The lowest BCUT2D eigenvalue weighted by molar-refractivity contribution is 0.490. The quantitative estimate of drug-likeness (QED) is 0.589. The molecule has 3 atom stereocenters. The number of fused-ring (bicyclic) bond motifs is 1. The minimum absolute atomic E-state index is 0.533. The second-order valence-electron chi connectivity index (χ2n) is 7.09. The van der Waals surface area contributed by atoms with Crippen LogP contribution in [0.3, 0.4) is 0 Å². The summed E-state index contributed by atoms with van der Waals surface area (Å²) in [4.78, 5) is 0. The van der Waals surface area contributed by atoms with Gasteiger partial charge in [-0.05, 0) is 72.8 Å². The highest BCUT2D eigenvalue weighted by Crippen LogP contribution is 2.49. The van der Waals surface area contributed by atoms with Gasteiger partial charge in [0.05, 0.1) is 0 Å². The highest BCUT2D eigenvalue weighted by Gasteiger charge is 2.36. The Morgan fingerprint density at radius 3 is 2.22 bits per heavy atom.